The van der Waals surface area contributed by atoms with Crippen LogP contribution in [0.2, 0.25) is 5.02 Å². The third-order valence-corrected chi connectivity index (χ3v) is 9.45. The van der Waals surface area contributed by atoms with Gasteiger partial charge in [-0.25, -0.2) is 0 Å². The van der Waals surface area contributed by atoms with Crippen molar-refractivity contribution < 1.29 is 14.3 Å². The minimum absolute atomic E-state index is 0.109. The van der Waals surface area contributed by atoms with Crippen LogP contribution in [0, 0.1) is 11.3 Å². The van der Waals surface area contributed by atoms with Gasteiger partial charge in [-0.05, 0) is 80.0 Å². The minimum atomic E-state index is -0.299. The molecular formula is C31H39ClN2O3. The Labute approximate surface area is 226 Å². The molecule has 1 aliphatic heterocycles. The molecule has 1 heterocycles. The zero-order chi connectivity index (χ0) is 26.0. The summed E-state index contributed by atoms with van der Waals surface area (Å²) in [6.07, 6.45) is 9.97. The zero-order valence-corrected chi connectivity index (χ0v) is 22.9. The van der Waals surface area contributed by atoms with Gasteiger partial charge in [0.2, 0.25) is 5.91 Å². The van der Waals surface area contributed by atoms with E-state index in [2.05, 4.69) is 29.2 Å². The Kier molecular flexibility index (Phi) is 7.53. The summed E-state index contributed by atoms with van der Waals surface area (Å²) in [5.41, 5.74) is 1.84. The van der Waals surface area contributed by atoms with E-state index in [0.29, 0.717) is 34.3 Å². The number of amides is 2. The number of hydrogen-bond donors (Lipinski definition) is 0. The Hall–Kier alpha value is -2.53. The second-order valence-corrected chi connectivity index (χ2v) is 11.9. The molecule has 5 rings (SSSR count). The van der Waals surface area contributed by atoms with Crippen molar-refractivity contribution in [2.24, 2.45) is 11.3 Å². The van der Waals surface area contributed by atoms with Crippen molar-refractivity contribution in [3.63, 3.8) is 0 Å². The normalized spacial score (nSPS) is 21.6. The van der Waals surface area contributed by atoms with Gasteiger partial charge in [0.25, 0.3) is 5.91 Å². The van der Waals surface area contributed by atoms with E-state index < -0.39 is 0 Å². The maximum absolute atomic E-state index is 13.8. The molecule has 3 fully saturated rings. The first-order valence-electron chi connectivity index (χ1n) is 13.8. The Morgan fingerprint density at radius 3 is 2.38 bits per heavy atom. The highest BCUT2D eigenvalue weighted by molar-refractivity contribution is 6.34. The lowest BCUT2D eigenvalue weighted by molar-refractivity contribution is -0.139. The zero-order valence-electron chi connectivity index (χ0n) is 22.2. The first-order chi connectivity index (χ1) is 17.8. The fourth-order valence-corrected chi connectivity index (χ4v) is 7.04. The van der Waals surface area contributed by atoms with Crippen LogP contribution < -0.4 is 4.74 Å². The van der Waals surface area contributed by atoms with Gasteiger partial charge in [-0.1, -0.05) is 54.8 Å². The molecule has 1 saturated heterocycles. The Morgan fingerprint density at radius 1 is 1.03 bits per heavy atom. The average Bonchev–Trinajstić information content (AvgIpc) is 3.32. The van der Waals surface area contributed by atoms with Gasteiger partial charge in [-0.2, -0.15) is 0 Å². The number of rotatable bonds is 8. The van der Waals surface area contributed by atoms with Crippen LogP contribution in [-0.4, -0.2) is 55.4 Å². The molecule has 2 amide bonds. The molecule has 2 aromatic carbocycles. The molecule has 0 N–H and O–H groups in total. The maximum atomic E-state index is 13.8. The van der Waals surface area contributed by atoms with Gasteiger partial charge in [0.05, 0.1) is 22.6 Å². The van der Waals surface area contributed by atoms with Gasteiger partial charge in [0, 0.05) is 27.2 Å². The molecule has 0 bridgehead atoms. The van der Waals surface area contributed by atoms with E-state index in [4.69, 9.17) is 16.3 Å². The van der Waals surface area contributed by atoms with Gasteiger partial charge in [0.1, 0.15) is 5.75 Å². The molecule has 5 nitrogen and oxygen atoms in total. The van der Waals surface area contributed by atoms with Crippen LogP contribution in [0.1, 0.15) is 73.7 Å². The van der Waals surface area contributed by atoms with E-state index in [1.54, 1.807) is 26.2 Å². The molecule has 6 heteroatoms. The quantitative estimate of drug-likeness (QED) is 0.380. The molecule has 1 spiro atoms. The average molecular weight is 523 g/mol. The van der Waals surface area contributed by atoms with Crippen LogP contribution in [0.25, 0.3) is 0 Å². The number of halogens is 1. The summed E-state index contributed by atoms with van der Waals surface area (Å²) in [6.45, 7) is 2.45. The standard InChI is InChI=1S/C31H39ClN2O3/c1-33(2)28(35)26-13-12-25(21-27(26)32)37-20-8-11-24-22-30(24)16-18-34(19-17-30)29(36)31(14-6-7-15-31)23-9-4-3-5-10-23/h3-5,9-10,12-13,21,24H,6-8,11,14-20,22H2,1-2H3/t24-/m0/s1. The molecule has 0 aromatic heterocycles. The van der Waals surface area contributed by atoms with Gasteiger partial charge >= 0.3 is 0 Å². The molecule has 37 heavy (non-hydrogen) atoms. The number of benzene rings is 2. The van der Waals surface area contributed by atoms with Crippen molar-refractivity contribution in [2.75, 3.05) is 33.8 Å². The van der Waals surface area contributed by atoms with E-state index in [9.17, 15) is 9.59 Å². The van der Waals surface area contributed by atoms with Crippen LogP contribution in [0.5, 0.6) is 5.75 Å². The van der Waals surface area contributed by atoms with Crippen molar-refractivity contribution in [1.82, 2.24) is 9.80 Å². The maximum Gasteiger partial charge on any atom is 0.254 e. The lowest BCUT2D eigenvalue weighted by Crippen LogP contribution is -2.49. The van der Waals surface area contributed by atoms with E-state index >= 15 is 0 Å². The lowest BCUT2D eigenvalue weighted by Gasteiger charge is -2.39. The minimum Gasteiger partial charge on any atom is -0.494 e. The van der Waals surface area contributed by atoms with Crippen LogP contribution in [-0.2, 0) is 10.2 Å². The number of carbonyl (C=O) groups excluding carboxylic acids is 2. The fourth-order valence-electron chi connectivity index (χ4n) is 6.79. The molecule has 2 aliphatic carbocycles. The third kappa shape index (κ3) is 5.25. The van der Waals surface area contributed by atoms with Crippen LogP contribution >= 0.6 is 11.6 Å². The molecule has 1 atom stereocenters. The SMILES string of the molecule is CN(C)C(=O)c1ccc(OCCC[C@H]2CC23CCN(C(=O)C2(c4ccccc4)CCCC2)CC3)cc1Cl. The first kappa shape index (κ1) is 26.1. The molecule has 0 radical (unpaired) electrons. The number of nitrogens with zero attached hydrogens (tertiary/aromatic N) is 2. The molecular weight excluding hydrogens is 484 g/mol. The summed E-state index contributed by atoms with van der Waals surface area (Å²) in [5.74, 6) is 1.71. The van der Waals surface area contributed by atoms with E-state index in [0.717, 1.165) is 70.4 Å². The number of carbonyl (C=O) groups is 2. The summed E-state index contributed by atoms with van der Waals surface area (Å²) in [5, 5.41) is 0.422. The second-order valence-electron chi connectivity index (χ2n) is 11.5. The molecule has 0 unspecified atom stereocenters. The summed E-state index contributed by atoms with van der Waals surface area (Å²) in [6, 6.07) is 15.8. The highest BCUT2D eigenvalue weighted by Crippen LogP contribution is 2.61. The Bertz CT molecular complexity index is 1120. The van der Waals surface area contributed by atoms with Crippen molar-refractivity contribution in [2.45, 2.75) is 63.2 Å². The van der Waals surface area contributed by atoms with Crippen molar-refractivity contribution in [1.29, 1.82) is 0 Å². The van der Waals surface area contributed by atoms with Gasteiger partial charge in [-0.3, -0.25) is 9.59 Å². The van der Waals surface area contributed by atoms with Crippen molar-refractivity contribution in [3.05, 3.63) is 64.7 Å². The molecule has 2 aromatic rings. The van der Waals surface area contributed by atoms with Crippen LogP contribution in [0.3, 0.4) is 0 Å². The van der Waals surface area contributed by atoms with Gasteiger partial charge in [-0.15, -0.1) is 0 Å². The summed E-state index contributed by atoms with van der Waals surface area (Å²) >= 11 is 6.30. The number of hydrogen-bond acceptors (Lipinski definition) is 3. The van der Waals surface area contributed by atoms with Gasteiger partial charge < -0.3 is 14.5 Å². The highest BCUT2D eigenvalue weighted by atomic mass is 35.5. The highest BCUT2D eigenvalue weighted by Gasteiger charge is 2.55. The summed E-state index contributed by atoms with van der Waals surface area (Å²) in [7, 11) is 3.43. The topological polar surface area (TPSA) is 49.9 Å². The predicted octanol–water partition coefficient (Wildman–Crippen LogP) is 6.34. The van der Waals surface area contributed by atoms with E-state index in [1.807, 2.05) is 12.1 Å². The van der Waals surface area contributed by atoms with Crippen molar-refractivity contribution >= 4 is 23.4 Å². The summed E-state index contributed by atoms with van der Waals surface area (Å²) < 4.78 is 5.93. The second kappa shape index (κ2) is 10.7. The molecule has 3 aliphatic rings. The first-order valence-corrected chi connectivity index (χ1v) is 14.2. The largest absolute Gasteiger partial charge is 0.494 e. The van der Waals surface area contributed by atoms with Crippen LogP contribution in [0.4, 0.5) is 0 Å². The number of ether oxygens (including phenoxy) is 1. The molecule has 2 saturated carbocycles. The Morgan fingerprint density at radius 2 is 1.73 bits per heavy atom. The third-order valence-electron chi connectivity index (χ3n) is 9.14. The van der Waals surface area contributed by atoms with Crippen LogP contribution in [0.15, 0.2) is 48.5 Å². The number of likely N-dealkylation sites (tertiary alicyclic amines) is 1. The monoisotopic (exact) mass is 522 g/mol. The van der Waals surface area contributed by atoms with Crippen molar-refractivity contribution in [3.8, 4) is 5.75 Å². The van der Waals surface area contributed by atoms with Gasteiger partial charge in [0.15, 0.2) is 0 Å². The van der Waals surface area contributed by atoms with E-state index in [1.165, 1.54) is 16.9 Å². The fraction of sp³-hybridized carbons (Fsp3) is 0.548. The lowest BCUT2D eigenvalue weighted by atomic mass is 9.76. The number of piperidine rings is 1. The van der Waals surface area contributed by atoms with E-state index in [-0.39, 0.29) is 11.3 Å². The Balaban J connectivity index is 1.08. The summed E-state index contributed by atoms with van der Waals surface area (Å²) in [4.78, 5) is 29.6. The smallest absolute Gasteiger partial charge is 0.254 e. The predicted molar refractivity (Wildman–Crippen MR) is 147 cm³/mol. The molecule has 198 valence electrons.